The molecule has 2 aliphatic heterocycles. The number of nitrogens with two attached hydrogens (primary N) is 1. The van der Waals surface area contributed by atoms with Gasteiger partial charge in [0.15, 0.2) is 0 Å². The van der Waals surface area contributed by atoms with E-state index in [1.54, 1.807) is 11.0 Å². The van der Waals surface area contributed by atoms with Crippen molar-refractivity contribution in [2.24, 2.45) is 5.73 Å². The Labute approximate surface area is 129 Å². The summed E-state index contributed by atoms with van der Waals surface area (Å²) in [6.45, 7) is 3.79. The van der Waals surface area contributed by atoms with Crippen LogP contribution in [0.2, 0.25) is 0 Å². The highest BCUT2D eigenvalue weighted by atomic mass is 19.1. The van der Waals surface area contributed by atoms with Crippen LogP contribution < -0.4 is 5.73 Å². The molecule has 0 saturated carbocycles. The third-order valence-corrected chi connectivity index (χ3v) is 4.35. The van der Waals surface area contributed by atoms with Gasteiger partial charge in [-0.15, -0.1) is 0 Å². The molecule has 5 nitrogen and oxygen atoms in total. The summed E-state index contributed by atoms with van der Waals surface area (Å²) in [5, 5.41) is 0. The fraction of sp³-hybridized carbons (Fsp3) is 0.562. The maximum Gasteiger partial charge on any atom is 0.244 e. The molecule has 2 N–H and O–H groups in total. The van der Waals surface area contributed by atoms with Gasteiger partial charge >= 0.3 is 0 Å². The maximum absolute atomic E-state index is 13.6. The molecule has 1 aromatic rings. The molecule has 0 aliphatic carbocycles. The van der Waals surface area contributed by atoms with E-state index in [1.807, 2.05) is 6.07 Å². The van der Waals surface area contributed by atoms with Crippen molar-refractivity contribution in [3.05, 3.63) is 35.6 Å². The van der Waals surface area contributed by atoms with Crippen LogP contribution >= 0.6 is 0 Å². The average molecular weight is 307 g/mol. The van der Waals surface area contributed by atoms with Crippen LogP contribution in [0.15, 0.2) is 24.3 Å². The molecule has 0 aromatic heterocycles. The van der Waals surface area contributed by atoms with E-state index in [0.29, 0.717) is 45.0 Å². The number of hydrogen-bond donors (Lipinski definition) is 1. The lowest BCUT2D eigenvalue weighted by Crippen LogP contribution is -2.47. The second-order valence-corrected chi connectivity index (χ2v) is 5.94. The number of likely N-dealkylation sites (tertiary alicyclic amines) is 1. The normalized spacial score (nSPS) is 24.5. The number of hydrogen-bond acceptors (Lipinski definition) is 4. The molecule has 120 valence electrons. The molecule has 2 heterocycles. The summed E-state index contributed by atoms with van der Waals surface area (Å²) in [6, 6.07) is 5.91. The van der Waals surface area contributed by atoms with Crippen LogP contribution in [0.1, 0.15) is 18.0 Å². The monoisotopic (exact) mass is 307 g/mol. The molecule has 2 saturated heterocycles. The number of carbonyl (C=O) groups excluding carboxylic acids is 1. The van der Waals surface area contributed by atoms with E-state index in [4.69, 9.17) is 10.5 Å². The molecule has 2 aliphatic rings. The summed E-state index contributed by atoms with van der Waals surface area (Å²) in [5.41, 5.74) is 6.62. The van der Waals surface area contributed by atoms with Gasteiger partial charge in [-0.05, 0) is 24.1 Å². The molecule has 2 atom stereocenters. The topological polar surface area (TPSA) is 58.8 Å². The zero-order chi connectivity index (χ0) is 15.5. The Kier molecular flexibility index (Phi) is 4.71. The van der Waals surface area contributed by atoms with Gasteiger partial charge in [0, 0.05) is 32.2 Å². The van der Waals surface area contributed by atoms with Crippen molar-refractivity contribution in [3.63, 3.8) is 0 Å². The van der Waals surface area contributed by atoms with E-state index >= 15 is 0 Å². The quantitative estimate of drug-likeness (QED) is 0.896. The minimum Gasteiger partial charge on any atom is -0.379 e. The van der Waals surface area contributed by atoms with Gasteiger partial charge in [-0.3, -0.25) is 9.69 Å². The third kappa shape index (κ3) is 3.29. The first-order valence-electron chi connectivity index (χ1n) is 7.77. The van der Waals surface area contributed by atoms with E-state index in [0.717, 1.165) is 6.42 Å². The summed E-state index contributed by atoms with van der Waals surface area (Å²) in [7, 11) is 0. The number of halogens is 1. The Bertz CT molecular complexity index is 534. The van der Waals surface area contributed by atoms with Crippen LogP contribution in [0.4, 0.5) is 4.39 Å². The summed E-state index contributed by atoms with van der Waals surface area (Å²) < 4.78 is 19.0. The summed E-state index contributed by atoms with van der Waals surface area (Å²) in [6.07, 6.45) is 0.824. The first-order chi connectivity index (χ1) is 10.6. The lowest BCUT2D eigenvalue weighted by Gasteiger charge is -2.35. The maximum atomic E-state index is 13.6. The largest absolute Gasteiger partial charge is 0.379 e. The minimum absolute atomic E-state index is 0.0143. The fourth-order valence-corrected chi connectivity index (χ4v) is 3.18. The highest BCUT2D eigenvalue weighted by Crippen LogP contribution is 2.26. The Morgan fingerprint density at radius 2 is 2.09 bits per heavy atom. The number of benzene rings is 1. The van der Waals surface area contributed by atoms with Gasteiger partial charge in [0.2, 0.25) is 5.91 Å². The Morgan fingerprint density at radius 3 is 2.73 bits per heavy atom. The number of ether oxygens (including phenoxy) is 1. The number of rotatable bonds is 3. The molecule has 0 radical (unpaired) electrons. The molecule has 6 heteroatoms. The van der Waals surface area contributed by atoms with Crippen molar-refractivity contribution in [2.45, 2.75) is 18.5 Å². The van der Waals surface area contributed by atoms with Crippen LogP contribution in [0.5, 0.6) is 0 Å². The Morgan fingerprint density at radius 1 is 1.32 bits per heavy atom. The molecule has 0 spiro atoms. The molecule has 2 fully saturated rings. The molecule has 1 aromatic carbocycles. The van der Waals surface area contributed by atoms with Crippen molar-refractivity contribution in [2.75, 3.05) is 39.4 Å². The van der Waals surface area contributed by atoms with E-state index < -0.39 is 6.04 Å². The van der Waals surface area contributed by atoms with Gasteiger partial charge in [-0.1, -0.05) is 12.1 Å². The van der Waals surface area contributed by atoms with Gasteiger partial charge < -0.3 is 15.4 Å². The van der Waals surface area contributed by atoms with Crippen molar-refractivity contribution in [1.29, 1.82) is 0 Å². The first-order valence-corrected chi connectivity index (χ1v) is 7.77. The van der Waals surface area contributed by atoms with Crippen LogP contribution in [0, 0.1) is 5.82 Å². The van der Waals surface area contributed by atoms with Gasteiger partial charge in [0.05, 0.1) is 13.2 Å². The number of carbonyl (C=O) groups is 1. The smallest absolute Gasteiger partial charge is 0.244 e. The highest BCUT2D eigenvalue weighted by molar-refractivity contribution is 5.83. The fourth-order valence-electron chi connectivity index (χ4n) is 3.18. The molecular formula is C16H22FN3O2. The third-order valence-electron chi connectivity index (χ3n) is 4.35. The number of amides is 1. The van der Waals surface area contributed by atoms with Gasteiger partial charge in [-0.2, -0.15) is 0 Å². The second-order valence-electron chi connectivity index (χ2n) is 5.94. The predicted molar refractivity (Wildman–Crippen MR) is 80.7 cm³/mol. The number of nitrogens with zero attached hydrogens (tertiary/aromatic N) is 2. The van der Waals surface area contributed by atoms with E-state index in [1.165, 1.54) is 12.1 Å². The van der Waals surface area contributed by atoms with E-state index in [2.05, 4.69) is 4.90 Å². The predicted octanol–water partition coefficient (Wildman–Crippen LogP) is 0.759. The molecule has 0 bridgehead atoms. The lowest BCUT2D eigenvalue weighted by atomic mass is 10.0. The zero-order valence-corrected chi connectivity index (χ0v) is 12.6. The first kappa shape index (κ1) is 15.4. The van der Waals surface area contributed by atoms with Crippen LogP contribution in [-0.2, 0) is 9.53 Å². The Balaban J connectivity index is 1.86. The minimum atomic E-state index is -0.454. The van der Waals surface area contributed by atoms with Crippen LogP contribution in [-0.4, -0.2) is 61.1 Å². The summed E-state index contributed by atoms with van der Waals surface area (Å²) in [4.78, 5) is 16.8. The summed E-state index contributed by atoms with van der Waals surface area (Å²) in [5.74, 6) is -0.304. The van der Waals surface area contributed by atoms with Crippen molar-refractivity contribution in [1.82, 2.24) is 9.80 Å². The molecule has 22 heavy (non-hydrogen) atoms. The van der Waals surface area contributed by atoms with Gasteiger partial charge in [0.1, 0.15) is 11.9 Å². The van der Waals surface area contributed by atoms with Crippen molar-refractivity contribution < 1.29 is 13.9 Å². The Hall–Kier alpha value is -1.50. The summed E-state index contributed by atoms with van der Waals surface area (Å²) >= 11 is 0. The SMILES string of the molecule is N[C@H]1CCN(C(=O)C(c2cccc(F)c2)N2CCOCC2)C1. The van der Waals surface area contributed by atoms with Crippen molar-refractivity contribution >= 4 is 5.91 Å². The van der Waals surface area contributed by atoms with Crippen molar-refractivity contribution in [3.8, 4) is 0 Å². The second kappa shape index (κ2) is 6.73. The van der Waals surface area contributed by atoms with E-state index in [9.17, 15) is 9.18 Å². The molecule has 1 unspecified atom stereocenters. The molecule has 3 rings (SSSR count). The van der Waals surface area contributed by atoms with Crippen LogP contribution in [0.3, 0.4) is 0 Å². The molecular weight excluding hydrogens is 285 g/mol. The van der Waals surface area contributed by atoms with Crippen LogP contribution in [0.25, 0.3) is 0 Å². The standard InChI is InChI=1S/C16H22FN3O2/c17-13-3-1-2-12(10-13)15(19-6-8-22-9-7-19)16(21)20-5-4-14(18)11-20/h1-3,10,14-15H,4-9,11,18H2/t14-,15?/m0/s1. The zero-order valence-electron chi connectivity index (χ0n) is 12.6. The lowest BCUT2D eigenvalue weighted by molar-refractivity contribution is -0.138. The number of morpholine rings is 1. The van der Waals surface area contributed by atoms with E-state index in [-0.39, 0.29) is 17.8 Å². The molecule has 1 amide bonds. The average Bonchev–Trinajstić information content (AvgIpc) is 2.95. The van der Waals surface area contributed by atoms with Gasteiger partial charge in [-0.25, -0.2) is 4.39 Å². The highest BCUT2D eigenvalue weighted by Gasteiger charge is 2.35. The van der Waals surface area contributed by atoms with Gasteiger partial charge in [0.25, 0.3) is 0 Å².